The first kappa shape index (κ1) is 17.8. The van der Waals surface area contributed by atoms with Gasteiger partial charge in [-0.1, -0.05) is 22.0 Å². The number of hydrogen-bond acceptors (Lipinski definition) is 4. The van der Waals surface area contributed by atoms with Gasteiger partial charge in [0.2, 0.25) is 0 Å². The van der Waals surface area contributed by atoms with Crippen molar-refractivity contribution in [3.8, 4) is 5.75 Å². The van der Waals surface area contributed by atoms with Gasteiger partial charge in [0, 0.05) is 30.0 Å². The van der Waals surface area contributed by atoms with Gasteiger partial charge in [-0.2, -0.15) is 0 Å². The Bertz CT molecular complexity index is 658. The normalized spacial score (nSPS) is 13.8. The highest BCUT2D eigenvalue weighted by Gasteiger charge is 2.18. The van der Waals surface area contributed by atoms with Gasteiger partial charge in [-0.25, -0.2) is 0 Å². The molecule has 3 rings (SSSR count). The lowest BCUT2D eigenvalue weighted by Gasteiger charge is -2.26. The Kier molecular flexibility index (Phi) is 6.50. The third-order valence-corrected chi connectivity index (χ3v) is 3.97. The van der Waals surface area contributed by atoms with Crippen LogP contribution in [0.2, 0.25) is 0 Å². The highest BCUT2D eigenvalue weighted by atomic mass is 79.9. The topological polar surface area (TPSA) is 63.5 Å². The van der Waals surface area contributed by atoms with Gasteiger partial charge in [-0.15, -0.1) is 12.4 Å². The molecule has 1 amide bonds. The maximum atomic E-state index is 11.9. The number of ether oxygens (including phenoxy) is 1. The molecule has 2 aromatic rings. The molecule has 5 nitrogen and oxygen atoms in total. The fraction of sp³-hybridized carbons (Fsp3) is 0.312. The van der Waals surface area contributed by atoms with Crippen LogP contribution in [0.1, 0.15) is 16.3 Å². The molecule has 2 heterocycles. The molecular formula is C16H18BrClN2O3. The number of nitrogens with one attached hydrogen (secondary N) is 2. The van der Waals surface area contributed by atoms with Crippen LogP contribution in [0.15, 0.2) is 45.3 Å². The van der Waals surface area contributed by atoms with E-state index in [1.54, 1.807) is 12.1 Å². The lowest BCUT2D eigenvalue weighted by atomic mass is 10.0. The Morgan fingerprint density at radius 2 is 2.17 bits per heavy atom. The Balaban J connectivity index is 0.00000192. The molecule has 0 radical (unpaired) electrons. The van der Waals surface area contributed by atoms with Gasteiger partial charge in [0.05, 0.1) is 0 Å². The minimum atomic E-state index is -0.180. The maximum Gasteiger partial charge on any atom is 0.287 e. The molecule has 0 unspecified atom stereocenters. The number of furan rings is 1. The predicted octanol–water partition coefficient (Wildman–Crippen LogP) is 2.99. The van der Waals surface area contributed by atoms with Gasteiger partial charge in [0.15, 0.2) is 5.76 Å². The molecule has 1 saturated heterocycles. The molecule has 1 aromatic carbocycles. The van der Waals surface area contributed by atoms with E-state index < -0.39 is 0 Å². The molecule has 1 aliphatic heterocycles. The first-order chi connectivity index (χ1) is 10.7. The Labute approximate surface area is 149 Å². The summed E-state index contributed by atoms with van der Waals surface area (Å²) < 4.78 is 12.1. The lowest BCUT2D eigenvalue weighted by Crippen LogP contribution is -2.48. The predicted molar refractivity (Wildman–Crippen MR) is 93.1 cm³/mol. The number of benzene rings is 1. The molecule has 124 valence electrons. The van der Waals surface area contributed by atoms with Crippen LogP contribution in [0.3, 0.4) is 0 Å². The molecule has 0 aliphatic carbocycles. The summed E-state index contributed by atoms with van der Waals surface area (Å²) in [5.41, 5.74) is 0. The van der Waals surface area contributed by atoms with Crippen molar-refractivity contribution in [3.05, 3.63) is 52.4 Å². The van der Waals surface area contributed by atoms with Crippen LogP contribution in [0.25, 0.3) is 0 Å². The van der Waals surface area contributed by atoms with Crippen LogP contribution < -0.4 is 15.4 Å². The maximum absolute atomic E-state index is 11.9. The third-order valence-electron chi connectivity index (χ3n) is 3.48. The monoisotopic (exact) mass is 400 g/mol. The van der Waals surface area contributed by atoms with Gasteiger partial charge in [-0.05, 0) is 30.3 Å². The zero-order valence-electron chi connectivity index (χ0n) is 12.4. The van der Waals surface area contributed by atoms with Crippen molar-refractivity contribution in [3.63, 3.8) is 0 Å². The first-order valence-corrected chi connectivity index (χ1v) is 7.96. The van der Waals surface area contributed by atoms with Crippen molar-refractivity contribution in [1.82, 2.24) is 10.6 Å². The summed E-state index contributed by atoms with van der Waals surface area (Å²) in [6, 6.07) is 11.0. The smallest absolute Gasteiger partial charge is 0.287 e. The highest BCUT2D eigenvalue weighted by molar-refractivity contribution is 9.10. The van der Waals surface area contributed by atoms with Crippen molar-refractivity contribution in [1.29, 1.82) is 0 Å². The molecule has 0 atom stereocenters. The molecule has 0 spiro atoms. The van der Waals surface area contributed by atoms with E-state index >= 15 is 0 Å². The van der Waals surface area contributed by atoms with Crippen LogP contribution >= 0.6 is 28.3 Å². The summed E-state index contributed by atoms with van der Waals surface area (Å²) in [5, 5.41) is 6.05. The minimum Gasteiger partial charge on any atom is -0.486 e. The molecule has 0 saturated carbocycles. The zero-order chi connectivity index (χ0) is 15.4. The number of amides is 1. The first-order valence-electron chi connectivity index (χ1n) is 7.17. The molecule has 7 heteroatoms. The number of halogens is 2. The van der Waals surface area contributed by atoms with Crippen molar-refractivity contribution >= 4 is 34.2 Å². The Morgan fingerprint density at radius 1 is 1.35 bits per heavy atom. The molecular weight excluding hydrogens is 384 g/mol. The Morgan fingerprint density at radius 3 is 2.87 bits per heavy atom. The summed E-state index contributed by atoms with van der Waals surface area (Å²) >= 11 is 3.39. The number of carbonyl (C=O) groups is 1. The fourth-order valence-corrected chi connectivity index (χ4v) is 2.48. The molecule has 1 aliphatic rings. The average molecular weight is 402 g/mol. The lowest BCUT2D eigenvalue weighted by molar-refractivity contribution is 0.0910. The molecule has 2 N–H and O–H groups in total. The van der Waals surface area contributed by atoms with E-state index in [1.807, 2.05) is 24.3 Å². The number of carbonyl (C=O) groups excluding carboxylic acids is 1. The van der Waals surface area contributed by atoms with Crippen molar-refractivity contribution in [2.75, 3.05) is 19.6 Å². The van der Waals surface area contributed by atoms with E-state index in [0.29, 0.717) is 24.0 Å². The van der Waals surface area contributed by atoms with E-state index in [4.69, 9.17) is 9.15 Å². The van der Waals surface area contributed by atoms with Crippen LogP contribution in [0.4, 0.5) is 0 Å². The SMILES string of the molecule is Cl.O=C(NCC1CNC1)c1ccc(COc2cccc(Br)c2)o1. The largest absolute Gasteiger partial charge is 0.486 e. The summed E-state index contributed by atoms with van der Waals surface area (Å²) in [4.78, 5) is 11.9. The third kappa shape index (κ3) is 4.99. The standard InChI is InChI=1S/C16H17BrN2O3.ClH/c17-12-2-1-3-13(6-12)21-10-14-4-5-15(22-14)16(20)19-9-11-7-18-8-11;/h1-6,11,18H,7-10H2,(H,19,20);1H. The summed E-state index contributed by atoms with van der Waals surface area (Å²) in [5.74, 6) is 2.03. The van der Waals surface area contributed by atoms with Gasteiger partial charge in [-0.3, -0.25) is 4.79 Å². The number of rotatable bonds is 6. The zero-order valence-corrected chi connectivity index (χ0v) is 14.8. The van der Waals surface area contributed by atoms with Crippen molar-refractivity contribution in [2.45, 2.75) is 6.61 Å². The summed E-state index contributed by atoms with van der Waals surface area (Å²) in [7, 11) is 0. The van der Waals surface area contributed by atoms with Crippen LogP contribution in [0.5, 0.6) is 5.75 Å². The van der Waals surface area contributed by atoms with Crippen molar-refractivity contribution < 1.29 is 13.9 Å². The fourth-order valence-electron chi connectivity index (χ4n) is 2.11. The highest BCUT2D eigenvalue weighted by Crippen LogP contribution is 2.19. The minimum absolute atomic E-state index is 0. The second kappa shape index (κ2) is 8.38. The van der Waals surface area contributed by atoms with Crippen LogP contribution in [0, 0.1) is 5.92 Å². The van der Waals surface area contributed by atoms with Gasteiger partial charge in [0.1, 0.15) is 18.1 Å². The summed E-state index contributed by atoms with van der Waals surface area (Å²) in [6.45, 7) is 2.89. The van der Waals surface area contributed by atoms with E-state index in [2.05, 4.69) is 26.6 Å². The Hall–Kier alpha value is -1.50. The molecule has 1 aromatic heterocycles. The van der Waals surface area contributed by atoms with E-state index in [9.17, 15) is 4.79 Å². The van der Waals surface area contributed by atoms with Gasteiger partial charge >= 0.3 is 0 Å². The molecule has 0 bridgehead atoms. The average Bonchev–Trinajstić information content (AvgIpc) is 2.92. The number of hydrogen-bond donors (Lipinski definition) is 2. The quantitative estimate of drug-likeness (QED) is 0.781. The second-order valence-electron chi connectivity index (χ2n) is 5.25. The van der Waals surface area contributed by atoms with E-state index in [-0.39, 0.29) is 24.9 Å². The van der Waals surface area contributed by atoms with Gasteiger partial charge < -0.3 is 19.8 Å². The van der Waals surface area contributed by atoms with Gasteiger partial charge in [0.25, 0.3) is 5.91 Å². The second-order valence-corrected chi connectivity index (χ2v) is 6.16. The molecule has 23 heavy (non-hydrogen) atoms. The van der Waals surface area contributed by atoms with E-state index in [1.165, 1.54) is 0 Å². The van der Waals surface area contributed by atoms with Crippen molar-refractivity contribution in [2.24, 2.45) is 5.92 Å². The summed E-state index contributed by atoms with van der Waals surface area (Å²) in [6.07, 6.45) is 0. The van der Waals surface area contributed by atoms with E-state index in [0.717, 1.165) is 23.3 Å². The molecule has 1 fully saturated rings. The van der Waals surface area contributed by atoms with Crippen LogP contribution in [-0.2, 0) is 6.61 Å². The van der Waals surface area contributed by atoms with Crippen LogP contribution in [-0.4, -0.2) is 25.5 Å².